The quantitative estimate of drug-likeness (QED) is 0.778. The summed E-state index contributed by atoms with van der Waals surface area (Å²) in [7, 11) is 1.56. The molecule has 116 valence electrons. The van der Waals surface area contributed by atoms with Crippen molar-refractivity contribution in [1.82, 2.24) is 10.6 Å². The molecule has 1 aliphatic rings. The molecule has 3 unspecified atom stereocenters. The molecule has 1 aliphatic carbocycles. The SMILES string of the molecule is CNC(=O)C(NC(C)=O)C(C)OC(C)C1CCCCC1. The summed E-state index contributed by atoms with van der Waals surface area (Å²) >= 11 is 0. The van der Waals surface area contributed by atoms with E-state index in [-0.39, 0.29) is 24.0 Å². The van der Waals surface area contributed by atoms with Crippen molar-refractivity contribution in [1.29, 1.82) is 0 Å². The van der Waals surface area contributed by atoms with Crippen LogP contribution in [0, 0.1) is 5.92 Å². The van der Waals surface area contributed by atoms with Crippen molar-refractivity contribution >= 4 is 11.8 Å². The Bertz CT molecular complexity index is 327. The first-order valence-corrected chi connectivity index (χ1v) is 7.59. The van der Waals surface area contributed by atoms with E-state index < -0.39 is 6.04 Å². The third-order valence-electron chi connectivity index (χ3n) is 4.10. The van der Waals surface area contributed by atoms with Gasteiger partial charge in [-0.25, -0.2) is 0 Å². The summed E-state index contributed by atoms with van der Waals surface area (Å²) in [6, 6.07) is -0.636. The molecule has 0 bridgehead atoms. The Kier molecular flexibility index (Phi) is 6.99. The van der Waals surface area contributed by atoms with Crippen molar-refractivity contribution in [3.63, 3.8) is 0 Å². The summed E-state index contributed by atoms with van der Waals surface area (Å²) in [6.07, 6.45) is 6.00. The van der Waals surface area contributed by atoms with Gasteiger partial charge in [0.2, 0.25) is 11.8 Å². The van der Waals surface area contributed by atoms with Gasteiger partial charge in [0.15, 0.2) is 0 Å². The lowest BCUT2D eigenvalue weighted by molar-refractivity contribution is -0.134. The van der Waals surface area contributed by atoms with Crippen molar-refractivity contribution in [2.24, 2.45) is 5.92 Å². The van der Waals surface area contributed by atoms with Gasteiger partial charge < -0.3 is 15.4 Å². The van der Waals surface area contributed by atoms with E-state index in [0.717, 1.165) is 0 Å². The molecule has 5 nitrogen and oxygen atoms in total. The molecule has 2 N–H and O–H groups in total. The number of carbonyl (C=O) groups is 2. The van der Waals surface area contributed by atoms with Crippen molar-refractivity contribution in [3.8, 4) is 0 Å². The molecule has 0 heterocycles. The summed E-state index contributed by atoms with van der Waals surface area (Å²) in [6.45, 7) is 5.32. The molecule has 1 saturated carbocycles. The number of hydrogen-bond donors (Lipinski definition) is 2. The number of hydrogen-bond acceptors (Lipinski definition) is 3. The van der Waals surface area contributed by atoms with E-state index in [1.54, 1.807) is 7.05 Å². The largest absolute Gasteiger partial charge is 0.373 e. The lowest BCUT2D eigenvalue weighted by Crippen LogP contribution is -2.52. The minimum Gasteiger partial charge on any atom is -0.373 e. The zero-order valence-electron chi connectivity index (χ0n) is 13.1. The van der Waals surface area contributed by atoms with E-state index in [4.69, 9.17) is 4.74 Å². The van der Waals surface area contributed by atoms with Gasteiger partial charge >= 0.3 is 0 Å². The van der Waals surface area contributed by atoms with E-state index in [9.17, 15) is 9.59 Å². The fourth-order valence-corrected chi connectivity index (χ4v) is 2.90. The molecule has 1 rings (SSSR count). The zero-order chi connectivity index (χ0) is 15.1. The van der Waals surface area contributed by atoms with E-state index in [1.165, 1.54) is 39.0 Å². The molecule has 20 heavy (non-hydrogen) atoms. The smallest absolute Gasteiger partial charge is 0.245 e. The van der Waals surface area contributed by atoms with Crippen LogP contribution in [0.15, 0.2) is 0 Å². The molecule has 0 saturated heterocycles. The standard InChI is InChI=1S/C15H28N2O3/c1-10(13-8-6-5-7-9-13)20-11(2)14(15(19)16-4)17-12(3)18/h10-11,13-14H,5-9H2,1-4H3,(H,16,19)(H,17,18). The Morgan fingerprint density at radius 3 is 2.25 bits per heavy atom. The summed E-state index contributed by atoms with van der Waals surface area (Å²) in [5.41, 5.74) is 0. The minimum absolute atomic E-state index is 0.117. The number of likely N-dealkylation sites (N-methyl/N-ethyl adjacent to an activating group) is 1. The van der Waals surface area contributed by atoms with Crippen LogP contribution in [-0.2, 0) is 14.3 Å². The number of rotatable bonds is 6. The van der Waals surface area contributed by atoms with Gasteiger partial charge in [-0.3, -0.25) is 9.59 Å². The molecule has 0 aromatic rings. The number of nitrogens with one attached hydrogen (secondary N) is 2. The predicted octanol–water partition coefficient (Wildman–Crippen LogP) is 1.61. The Hall–Kier alpha value is -1.10. The van der Waals surface area contributed by atoms with Crippen molar-refractivity contribution < 1.29 is 14.3 Å². The van der Waals surface area contributed by atoms with Crippen LogP contribution in [0.1, 0.15) is 52.9 Å². The van der Waals surface area contributed by atoms with Crippen molar-refractivity contribution in [2.45, 2.75) is 71.1 Å². The van der Waals surface area contributed by atoms with Crippen LogP contribution in [-0.4, -0.2) is 37.1 Å². The Balaban J connectivity index is 2.57. The number of carbonyl (C=O) groups excluding carboxylic acids is 2. The highest BCUT2D eigenvalue weighted by atomic mass is 16.5. The molecule has 0 radical (unpaired) electrons. The summed E-state index contributed by atoms with van der Waals surface area (Å²) in [5.74, 6) is 0.122. The van der Waals surface area contributed by atoms with Crippen LogP contribution in [0.25, 0.3) is 0 Å². The van der Waals surface area contributed by atoms with Crippen LogP contribution in [0.5, 0.6) is 0 Å². The van der Waals surface area contributed by atoms with Crippen LogP contribution in [0.3, 0.4) is 0 Å². The molecule has 1 fully saturated rings. The topological polar surface area (TPSA) is 67.4 Å². The maximum atomic E-state index is 11.8. The maximum Gasteiger partial charge on any atom is 0.245 e. The highest BCUT2D eigenvalue weighted by Gasteiger charge is 2.29. The number of amides is 2. The van der Waals surface area contributed by atoms with E-state index in [0.29, 0.717) is 5.92 Å². The number of ether oxygens (including phenoxy) is 1. The first kappa shape index (κ1) is 17.0. The molecular weight excluding hydrogens is 256 g/mol. The Morgan fingerprint density at radius 2 is 1.75 bits per heavy atom. The lowest BCUT2D eigenvalue weighted by Gasteiger charge is -2.32. The van der Waals surface area contributed by atoms with Gasteiger partial charge in [-0.15, -0.1) is 0 Å². The molecule has 0 aromatic heterocycles. The third-order valence-corrected chi connectivity index (χ3v) is 4.10. The zero-order valence-corrected chi connectivity index (χ0v) is 13.1. The highest BCUT2D eigenvalue weighted by molar-refractivity contribution is 5.87. The molecule has 2 amide bonds. The Labute approximate surface area is 121 Å². The normalized spacial score (nSPS) is 20.8. The van der Waals surface area contributed by atoms with E-state index >= 15 is 0 Å². The molecule has 0 aromatic carbocycles. The average Bonchev–Trinajstić information content (AvgIpc) is 2.44. The first-order valence-electron chi connectivity index (χ1n) is 7.59. The summed E-state index contributed by atoms with van der Waals surface area (Å²) in [5, 5.41) is 5.23. The van der Waals surface area contributed by atoms with Crippen molar-refractivity contribution in [3.05, 3.63) is 0 Å². The second kappa shape index (κ2) is 8.25. The lowest BCUT2D eigenvalue weighted by atomic mass is 9.86. The first-order chi connectivity index (χ1) is 9.45. The second-order valence-corrected chi connectivity index (χ2v) is 5.74. The second-order valence-electron chi connectivity index (χ2n) is 5.74. The fraction of sp³-hybridized carbons (Fsp3) is 0.867. The van der Waals surface area contributed by atoms with Gasteiger partial charge in [0.25, 0.3) is 0 Å². The van der Waals surface area contributed by atoms with E-state index in [2.05, 4.69) is 17.6 Å². The van der Waals surface area contributed by atoms with Gasteiger partial charge in [-0.1, -0.05) is 19.3 Å². The molecule has 0 spiro atoms. The predicted molar refractivity (Wildman–Crippen MR) is 78.3 cm³/mol. The molecule has 0 aliphatic heterocycles. The van der Waals surface area contributed by atoms with Gasteiger partial charge in [0.1, 0.15) is 6.04 Å². The maximum absolute atomic E-state index is 11.8. The monoisotopic (exact) mass is 284 g/mol. The minimum atomic E-state index is -0.636. The highest BCUT2D eigenvalue weighted by Crippen LogP contribution is 2.28. The van der Waals surface area contributed by atoms with Crippen molar-refractivity contribution in [2.75, 3.05) is 7.05 Å². The average molecular weight is 284 g/mol. The summed E-state index contributed by atoms with van der Waals surface area (Å²) in [4.78, 5) is 23.1. The molecular formula is C15H28N2O3. The van der Waals surface area contributed by atoms with Crippen LogP contribution >= 0.6 is 0 Å². The van der Waals surface area contributed by atoms with Gasteiger partial charge in [0, 0.05) is 14.0 Å². The summed E-state index contributed by atoms with van der Waals surface area (Å²) < 4.78 is 6.00. The van der Waals surface area contributed by atoms with E-state index in [1.807, 2.05) is 6.92 Å². The molecule has 5 heteroatoms. The van der Waals surface area contributed by atoms with Gasteiger partial charge in [-0.2, -0.15) is 0 Å². The fourth-order valence-electron chi connectivity index (χ4n) is 2.90. The third kappa shape index (κ3) is 5.12. The van der Waals surface area contributed by atoms with Crippen LogP contribution in [0.4, 0.5) is 0 Å². The molecule has 3 atom stereocenters. The van der Waals surface area contributed by atoms with Crippen LogP contribution < -0.4 is 10.6 Å². The van der Waals surface area contributed by atoms with Gasteiger partial charge in [-0.05, 0) is 32.6 Å². The van der Waals surface area contributed by atoms with Crippen LogP contribution in [0.2, 0.25) is 0 Å². The Morgan fingerprint density at radius 1 is 1.15 bits per heavy atom. The van der Waals surface area contributed by atoms with Gasteiger partial charge in [0.05, 0.1) is 12.2 Å².